The summed E-state index contributed by atoms with van der Waals surface area (Å²) >= 11 is 0. The Morgan fingerprint density at radius 3 is 3.06 bits per heavy atom. The molecule has 0 amide bonds. The van der Waals surface area contributed by atoms with Gasteiger partial charge in [-0.15, -0.1) is 0 Å². The van der Waals surface area contributed by atoms with Crippen molar-refractivity contribution in [3.05, 3.63) is 42.1 Å². The van der Waals surface area contributed by atoms with Crippen molar-refractivity contribution in [2.75, 3.05) is 0 Å². The summed E-state index contributed by atoms with van der Waals surface area (Å²) < 4.78 is 5.15. The van der Waals surface area contributed by atoms with E-state index in [-0.39, 0.29) is 6.04 Å². The fourth-order valence-electron chi connectivity index (χ4n) is 1.68. The molecule has 0 aliphatic rings. The van der Waals surface area contributed by atoms with Crippen molar-refractivity contribution in [3.63, 3.8) is 0 Å². The van der Waals surface area contributed by atoms with Gasteiger partial charge in [0.05, 0.1) is 6.26 Å². The smallest absolute Gasteiger partial charge is 0.132 e. The largest absolute Gasteiger partial charge is 0.467 e. The molecule has 0 aliphatic heterocycles. The normalized spacial score (nSPS) is 14.7. The molecular formula is C12H17N3O2. The first-order valence-electron chi connectivity index (χ1n) is 5.69. The van der Waals surface area contributed by atoms with Crippen molar-refractivity contribution in [3.8, 4) is 0 Å². The van der Waals surface area contributed by atoms with E-state index in [4.69, 9.17) is 4.42 Å². The highest BCUT2D eigenvalue weighted by atomic mass is 16.4. The summed E-state index contributed by atoms with van der Waals surface area (Å²) in [5, 5.41) is 19.9. The van der Waals surface area contributed by atoms with Crippen molar-refractivity contribution in [2.24, 2.45) is 0 Å². The van der Waals surface area contributed by atoms with Crippen LogP contribution >= 0.6 is 0 Å². The first-order chi connectivity index (χ1) is 8.25. The molecule has 0 fully saturated rings. The fourth-order valence-corrected chi connectivity index (χ4v) is 1.68. The Balaban J connectivity index is 1.75. The van der Waals surface area contributed by atoms with Crippen LogP contribution in [0.1, 0.15) is 30.9 Å². The average molecular weight is 235 g/mol. The standard InChI is InChI=1S/C12H17N3O2/c1-9(13-8-10-4-5-14-15-10)7-11(16)12-3-2-6-17-12/h2-6,9,11,13,16H,7-8H2,1H3,(H,14,15). The minimum atomic E-state index is -0.561. The van der Waals surface area contributed by atoms with Crippen LogP contribution in [0.5, 0.6) is 0 Å². The van der Waals surface area contributed by atoms with Crippen molar-refractivity contribution >= 4 is 0 Å². The van der Waals surface area contributed by atoms with Gasteiger partial charge < -0.3 is 14.8 Å². The van der Waals surface area contributed by atoms with Crippen LogP contribution in [0.3, 0.4) is 0 Å². The molecule has 17 heavy (non-hydrogen) atoms. The van der Waals surface area contributed by atoms with Crippen molar-refractivity contribution in [1.29, 1.82) is 0 Å². The van der Waals surface area contributed by atoms with Gasteiger partial charge in [-0.2, -0.15) is 5.10 Å². The molecule has 2 rings (SSSR count). The van der Waals surface area contributed by atoms with E-state index in [9.17, 15) is 5.11 Å². The monoisotopic (exact) mass is 235 g/mol. The summed E-state index contributed by atoms with van der Waals surface area (Å²) in [4.78, 5) is 0. The maximum atomic E-state index is 9.88. The second kappa shape index (κ2) is 5.65. The van der Waals surface area contributed by atoms with Crippen LogP contribution in [0.2, 0.25) is 0 Å². The van der Waals surface area contributed by atoms with Crippen LogP contribution < -0.4 is 5.32 Å². The quantitative estimate of drug-likeness (QED) is 0.711. The number of aromatic nitrogens is 2. The third kappa shape index (κ3) is 3.44. The fraction of sp³-hybridized carbons (Fsp3) is 0.417. The zero-order valence-corrected chi connectivity index (χ0v) is 9.76. The molecule has 3 N–H and O–H groups in total. The SMILES string of the molecule is CC(CC(O)c1ccco1)NCc1ccn[nH]1. The molecule has 2 unspecified atom stereocenters. The summed E-state index contributed by atoms with van der Waals surface area (Å²) in [7, 11) is 0. The van der Waals surface area contributed by atoms with Gasteiger partial charge in [-0.3, -0.25) is 5.10 Å². The van der Waals surface area contributed by atoms with Gasteiger partial charge in [0.2, 0.25) is 0 Å². The number of rotatable bonds is 6. The Morgan fingerprint density at radius 1 is 1.53 bits per heavy atom. The van der Waals surface area contributed by atoms with Gasteiger partial charge >= 0.3 is 0 Å². The lowest BCUT2D eigenvalue weighted by molar-refractivity contribution is 0.128. The predicted octanol–water partition coefficient (Wildman–Crippen LogP) is 1.60. The van der Waals surface area contributed by atoms with E-state index in [1.54, 1.807) is 24.6 Å². The van der Waals surface area contributed by atoms with E-state index in [2.05, 4.69) is 15.5 Å². The lowest BCUT2D eigenvalue weighted by atomic mass is 10.1. The zero-order chi connectivity index (χ0) is 12.1. The Kier molecular flexibility index (Phi) is 3.95. The number of aliphatic hydroxyl groups is 1. The van der Waals surface area contributed by atoms with E-state index in [0.29, 0.717) is 18.7 Å². The van der Waals surface area contributed by atoms with Gasteiger partial charge in [-0.25, -0.2) is 0 Å². The molecular weight excluding hydrogens is 218 g/mol. The van der Waals surface area contributed by atoms with Crippen LogP contribution in [0, 0.1) is 0 Å². The third-order valence-electron chi connectivity index (χ3n) is 2.65. The first kappa shape index (κ1) is 11.9. The summed E-state index contributed by atoms with van der Waals surface area (Å²) in [6.45, 7) is 2.74. The molecule has 92 valence electrons. The molecule has 0 aliphatic carbocycles. The maximum Gasteiger partial charge on any atom is 0.132 e. The summed E-state index contributed by atoms with van der Waals surface area (Å²) in [6, 6.07) is 5.68. The molecule has 2 aromatic rings. The third-order valence-corrected chi connectivity index (χ3v) is 2.65. The molecule has 0 aromatic carbocycles. The average Bonchev–Trinajstić information content (AvgIpc) is 2.99. The second-order valence-corrected chi connectivity index (χ2v) is 4.13. The van der Waals surface area contributed by atoms with Crippen LogP contribution in [-0.2, 0) is 6.54 Å². The molecule has 0 saturated carbocycles. The first-order valence-corrected chi connectivity index (χ1v) is 5.69. The Hall–Kier alpha value is -1.59. The van der Waals surface area contributed by atoms with Crippen LogP contribution in [-0.4, -0.2) is 21.3 Å². The highest BCUT2D eigenvalue weighted by Crippen LogP contribution is 2.18. The van der Waals surface area contributed by atoms with Crippen LogP contribution in [0.15, 0.2) is 35.1 Å². The highest BCUT2D eigenvalue weighted by molar-refractivity contribution is 5.02. The lowest BCUT2D eigenvalue weighted by Gasteiger charge is -2.16. The number of aliphatic hydroxyl groups excluding tert-OH is 1. The highest BCUT2D eigenvalue weighted by Gasteiger charge is 2.14. The molecule has 0 saturated heterocycles. The minimum absolute atomic E-state index is 0.193. The number of nitrogens with zero attached hydrogens (tertiary/aromatic N) is 1. The number of furan rings is 1. The summed E-state index contributed by atoms with van der Waals surface area (Å²) in [6.07, 6.45) is 3.34. The van der Waals surface area contributed by atoms with Gasteiger partial charge in [-0.05, 0) is 31.5 Å². The second-order valence-electron chi connectivity index (χ2n) is 4.13. The number of nitrogens with one attached hydrogen (secondary N) is 2. The molecule has 0 spiro atoms. The Morgan fingerprint density at radius 2 is 2.41 bits per heavy atom. The summed E-state index contributed by atoms with van der Waals surface area (Å²) in [5.74, 6) is 0.611. The van der Waals surface area contributed by atoms with E-state index in [1.165, 1.54) is 0 Å². The molecule has 2 heterocycles. The molecule has 0 bridgehead atoms. The van der Waals surface area contributed by atoms with E-state index < -0.39 is 6.10 Å². The van der Waals surface area contributed by atoms with Crippen LogP contribution in [0.4, 0.5) is 0 Å². The van der Waals surface area contributed by atoms with Gasteiger partial charge in [0.15, 0.2) is 0 Å². The van der Waals surface area contributed by atoms with Gasteiger partial charge in [-0.1, -0.05) is 0 Å². The van der Waals surface area contributed by atoms with Crippen LogP contribution in [0.25, 0.3) is 0 Å². The minimum Gasteiger partial charge on any atom is -0.467 e. The maximum absolute atomic E-state index is 9.88. The predicted molar refractivity (Wildman–Crippen MR) is 63.2 cm³/mol. The lowest BCUT2D eigenvalue weighted by Crippen LogP contribution is -2.27. The van der Waals surface area contributed by atoms with Crippen molar-refractivity contribution in [1.82, 2.24) is 15.5 Å². The molecule has 5 heteroatoms. The Bertz CT molecular complexity index is 411. The number of hydrogen-bond donors (Lipinski definition) is 3. The van der Waals surface area contributed by atoms with E-state index in [1.807, 2.05) is 13.0 Å². The summed E-state index contributed by atoms with van der Waals surface area (Å²) in [5.41, 5.74) is 1.03. The van der Waals surface area contributed by atoms with E-state index in [0.717, 1.165) is 5.69 Å². The van der Waals surface area contributed by atoms with E-state index >= 15 is 0 Å². The molecule has 5 nitrogen and oxygen atoms in total. The van der Waals surface area contributed by atoms with Crippen molar-refractivity contribution < 1.29 is 9.52 Å². The molecule has 2 atom stereocenters. The number of hydrogen-bond acceptors (Lipinski definition) is 4. The van der Waals surface area contributed by atoms with Gasteiger partial charge in [0, 0.05) is 24.5 Å². The van der Waals surface area contributed by atoms with Gasteiger partial charge in [0.25, 0.3) is 0 Å². The van der Waals surface area contributed by atoms with Crippen molar-refractivity contribution in [2.45, 2.75) is 32.0 Å². The topological polar surface area (TPSA) is 74.1 Å². The number of aromatic amines is 1. The molecule has 0 radical (unpaired) electrons. The zero-order valence-electron chi connectivity index (χ0n) is 9.76. The van der Waals surface area contributed by atoms with Gasteiger partial charge in [0.1, 0.15) is 11.9 Å². The number of H-pyrrole nitrogens is 1. The molecule has 2 aromatic heterocycles. The Labute approximate surface area is 99.8 Å².